The van der Waals surface area contributed by atoms with Crippen LogP contribution in [0.1, 0.15) is 78.1 Å². The first-order chi connectivity index (χ1) is 9.85. The zero-order chi connectivity index (χ0) is 14.9. The molecule has 0 saturated heterocycles. The lowest BCUT2D eigenvalue weighted by Crippen LogP contribution is -2.17. The van der Waals surface area contributed by atoms with Crippen LogP contribution in [0.5, 0.6) is 0 Å². The monoisotopic (exact) mass is 302 g/mol. The highest BCUT2D eigenvalue weighted by Gasteiger charge is 2.06. The lowest BCUT2D eigenvalue weighted by Gasteiger charge is -2.16. The molecule has 0 aliphatic carbocycles. The summed E-state index contributed by atoms with van der Waals surface area (Å²) in [4.78, 5) is 0. The Morgan fingerprint density at radius 3 is 1.60 bits per heavy atom. The summed E-state index contributed by atoms with van der Waals surface area (Å²) in [5.74, 6) is 0. The van der Waals surface area contributed by atoms with E-state index in [-0.39, 0.29) is 6.29 Å². The molecule has 3 heteroatoms. The second-order valence-electron chi connectivity index (χ2n) is 5.66. The van der Waals surface area contributed by atoms with Gasteiger partial charge in [0.1, 0.15) is 0 Å². The molecule has 0 aromatic rings. The van der Waals surface area contributed by atoms with Crippen molar-refractivity contribution in [2.45, 2.75) is 96.9 Å². The van der Waals surface area contributed by atoms with Crippen molar-refractivity contribution in [1.29, 1.82) is 0 Å². The van der Waals surface area contributed by atoms with E-state index in [9.17, 15) is 0 Å². The van der Waals surface area contributed by atoms with Crippen LogP contribution in [0.2, 0.25) is 12.6 Å². The quantitative estimate of drug-likeness (QED) is 0.229. The molecule has 0 aliphatic heterocycles. The number of rotatable bonds is 16. The van der Waals surface area contributed by atoms with E-state index in [0.29, 0.717) is 9.52 Å². The normalized spacial score (nSPS) is 12.0. The fraction of sp³-hybridized carbons (Fsp3) is 1.00. The molecule has 0 amide bonds. The summed E-state index contributed by atoms with van der Waals surface area (Å²) in [5, 5.41) is 0. The smallest absolute Gasteiger partial charge is 0.157 e. The maximum atomic E-state index is 5.55. The zero-order valence-electron chi connectivity index (χ0n) is 14.3. The lowest BCUT2D eigenvalue weighted by atomic mass is 10.1. The summed E-state index contributed by atoms with van der Waals surface area (Å²) in [5.41, 5.74) is 0. The Labute approximate surface area is 129 Å². The number of hydrogen-bond donors (Lipinski definition) is 0. The van der Waals surface area contributed by atoms with Gasteiger partial charge < -0.3 is 9.47 Å². The molecule has 0 N–H and O–H groups in total. The number of unbranched alkanes of at least 4 members (excludes halogenated alkanes) is 8. The Morgan fingerprint density at radius 1 is 0.700 bits per heavy atom. The second-order valence-corrected chi connectivity index (χ2v) is 7.37. The summed E-state index contributed by atoms with van der Waals surface area (Å²) in [6.45, 7) is 8.00. The van der Waals surface area contributed by atoms with E-state index in [0.717, 1.165) is 19.6 Å². The van der Waals surface area contributed by atoms with Gasteiger partial charge in [-0.2, -0.15) is 0 Å². The highest BCUT2D eigenvalue weighted by molar-refractivity contribution is 6.33. The molecule has 0 aromatic carbocycles. The largest absolute Gasteiger partial charge is 0.353 e. The van der Waals surface area contributed by atoms with Gasteiger partial charge in [0.25, 0.3) is 0 Å². The minimum Gasteiger partial charge on any atom is -0.353 e. The van der Waals surface area contributed by atoms with Crippen LogP contribution in [-0.4, -0.2) is 29.0 Å². The first kappa shape index (κ1) is 20.1. The summed E-state index contributed by atoms with van der Waals surface area (Å²) < 4.78 is 11.1. The second kappa shape index (κ2) is 17.2. The van der Waals surface area contributed by atoms with Crippen LogP contribution in [0.15, 0.2) is 0 Å². The van der Waals surface area contributed by atoms with Crippen LogP contribution < -0.4 is 0 Å². The van der Waals surface area contributed by atoms with Crippen LogP contribution in [0.4, 0.5) is 0 Å². The van der Waals surface area contributed by atoms with Crippen molar-refractivity contribution in [1.82, 2.24) is 0 Å². The van der Waals surface area contributed by atoms with E-state index >= 15 is 0 Å². The third-order valence-corrected chi connectivity index (χ3v) is 4.96. The van der Waals surface area contributed by atoms with E-state index in [1.54, 1.807) is 6.04 Å². The van der Waals surface area contributed by atoms with E-state index in [1.807, 2.05) is 13.8 Å². The molecule has 0 saturated carbocycles. The van der Waals surface area contributed by atoms with E-state index < -0.39 is 0 Å². The minimum atomic E-state index is 0.0344. The molecule has 2 nitrogen and oxygen atoms in total. The first-order valence-corrected chi connectivity index (χ1v) is 11.5. The molecular weight excluding hydrogens is 264 g/mol. The zero-order valence-corrected chi connectivity index (χ0v) is 15.7. The van der Waals surface area contributed by atoms with Crippen LogP contribution in [0.25, 0.3) is 0 Å². The molecule has 0 spiro atoms. The van der Waals surface area contributed by atoms with Gasteiger partial charge in [-0.3, -0.25) is 0 Å². The highest BCUT2D eigenvalue weighted by atomic mass is 28.2. The first-order valence-electron chi connectivity index (χ1n) is 9.08. The molecular formula is C17H38O2Si. The average molecular weight is 303 g/mol. The summed E-state index contributed by atoms with van der Waals surface area (Å²) in [7, 11) is 0.325. The predicted molar refractivity (Wildman–Crippen MR) is 92.4 cm³/mol. The van der Waals surface area contributed by atoms with Crippen LogP contribution in [0.3, 0.4) is 0 Å². The minimum absolute atomic E-state index is 0.0344. The third kappa shape index (κ3) is 14.5. The van der Waals surface area contributed by atoms with Crippen molar-refractivity contribution in [2.75, 3.05) is 13.2 Å². The lowest BCUT2D eigenvalue weighted by molar-refractivity contribution is -0.140. The van der Waals surface area contributed by atoms with Gasteiger partial charge in [0.05, 0.1) is 0 Å². The Hall–Kier alpha value is 0.137. The van der Waals surface area contributed by atoms with Crippen LogP contribution in [-0.2, 0) is 9.47 Å². The number of ether oxygens (including phenoxy) is 2. The molecule has 0 radical (unpaired) electrons. The predicted octanol–water partition coefficient (Wildman–Crippen LogP) is 4.92. The van der Waals surface area contributed by atoms with Gasteiger partial charge >= 0.3 is 0 Å². The van der Waals surface area contributed by atoms with Crippen molar-refractivity contribution in [3.63, 3.8) is 0 Å². The third-order valence-electron chi connectivity index (χ3n) is 3.75. The molecule has 0 rings (SSSR count). The van der Waals surface area contributed by atoms with Crippen molar-refractivity contribution < 1.29 is 9.47 Å². The average Bonchev–Trinajstić information content (AvgIpc) is 2.45. The van der Waals surface area contributed by atoms with Crippen molar-refractivity contribution >= 4 is 9.52 Å². The molecule has 20 heavy (non-hydrogen) atoms. The Bertz CT molecular complexity index is 170. The van der Waals surface area contributed by atoms with Crippen LogP contribution in [0, 0.1) is 0 Å². The SMILES string of the molecule is CCOC(CCCCCCCCCCC[SiH2]C)OCC. The van der Waals surface area contributed by atoms with Gasteiger partial charge in [0.2, 0.25) is 0 Å². The fourth-order valence-corrected chi connectivity index (χ4v) is 3.42. The van der Waals surface area contributed by atoms with Crippen molar-refractivity contribution in [3.8, 4) is 0 Å². The van der Waals surface area contributed by atoms with E-state index in [1.165, 1.54) is 57.8 Å². The van der Waals surface area contributed by atoms with Crippen molar-refractivity contribution in [3.05, 3.63) is 0 Å². The van der Waals surface area contributed by atoms with E-state index in [4.69, 9.17) is 9.47 Å². The van der Waals surface area contributed by atoms with E-state index in [2.05, 4.69) is 6.55 Å². The van der Waals surface area contributed by atoms with Gasteiger partial charge in [-0.15, -0.1) is 0 Å². The summed E-state index contributed by atoms with van der Waals surface area (Å²) in [6, 6.07) is 1.56. The van der Waals surface area contributed by atoms with Gasteiger partial charge in [-0.25, -0.2) is 0 Å². The molecule has 122 valence electrons. The molecule has 0 atom stereocenters. The fourth-order valence-electron chi connectivity index (χ4n) is 2.56. The van der Waals surface area contributed by atoms with Gasteiger partial charge in [0, 0.05) is 22.7 Å². The molecule has 0 heterocycles. The van der Waals surface area contributed by atoms with Gasteiger partial charge in [-0.1, -0.05) is 64.0 Å². The molecule has 0 aliphatic rings. The van der Waals surface area contributed by atoms with Gasteiger partial charge in [-0.05, 0) is 26.7 Å². The Balaban J connectivity index is 3.18. The maximum Gasteiger partial charge on any atom is 0.157 e. The Kier molecular flexibility index (Phi) is 17.3. The Morgan fingerprint density at radius 2 is 1.15 bits per heavy atom. The highest BCUT2D eigenvalue weighted by Crippen LogP contribution is 2.13. The summed E-state index contributed by atoms with van der Waals surface area (Å²) in [6.07, 6.45) is 13.8. The number of hydrogen-bond acceptors (Lipinski definition) is 2. The standard InChI is InChI=1S/C17H38O2Si/c1-4-18-17(19-5-2)15-13-11-9-7-6-8-10-12-14-16-20-3/h17H,4-16,20H2,1-3H3. The topological polar surface area (TPSA) is 18.5 Å². The summed E-state index contributed by atoms with van der Waals surface area (Å²) >= 11 is 0. The maximum absolute atomic E-state index is 5.55. The van der Waals surface area contributed by atoms with Crippen molar-refractivity contribution in [2.24, 2.45) is 0 Å². The molecule has 0 fully saturated rings. The molecule has 0 unspecified atom stereocenters. The van der Waals surface area contributed by atoms with Gasteiger partial charge in [0.15, 0.2) is 6.29 Å². The van der Waals surface area contributed by atoms with Crippen LogP contribution >= 0.6 is 0 Å². The molecule has 0 bridgehead atoms. The molecule has 0 aromatic heterocycles.